The van der Waals surface area contributed by atoms with Crippen molar-refractivity contribution >= 4 is 17.3 Å². The minimum Gasteiger partial charge on any atom is -0.617 e. The van der Waals surface area contributed by atoms with E-state index in [0.29, 0.717) is 21.6 Å². The van der Waals surface area contributed by atoms with Crippen LogP contribution in [0.3, 0.4) is 0 Å². The summed E-state index contributed by atoms with van der Waals surface area (Å²) in [6.45, 7) is 3.35. The van der Waals surface area contributed by atoms with Gasteiger partial charge in [0.2, 0.25) is 5.75 Å². The maximum Gasteiger partial charge on any atom is 0.315 e. The normalized spacial score (nSPS) is 10.9. The van der Waals surface area contributed by atoms with Crippen molar-refractivity contribution in [1.82, 2.24) is 5.16 Å². The fourth-order valence-electron chi connectivity index (χ4n) is 2.58. The molecule has 0 aliphatic heterocycles. The molecule has 26 heavy (non-hydrogen) atoms. The van der Waals surface area contributed by atoms with Gasteiger partial charge in [-0.3, -0.25) is 10.1 Å². The fraction of sp³-hybridized carbons (Fsp3) is 0.125. The molecule has 2 N–H and O–H groups in total. The minimum absolute atomic E-state index is 0.0928. The van der Waals surface area contributed by atoms with Gasteiger partial charge < -0.3 is 19.9 Å². The first-order valence-electron chi connectivity index (χ1n) is 7.27. The minimum atomic E-state index is -0.840. The number of nitro benzene ring substituents is 1. The van der Waals surface area contributed by atoms with Crippen LogP contribution in [0.4, 0.5) is 5.69 Å². The van der Waals surface area contributed by atoms with Crippen LogP contribution < -0.4 is 4.73 Å². The molecule has 0 spiro atoms. The van der Waals surface area contributed by atoms with Crippen LogP contribution in [-0.2, 0) is 0 Å². The van der Waals surface area contributed by atoms with E-state index in [4.69, 9.17) is 16.1 Å². The zero-order valence-electron chi connectivity index (χ0n) is 13.6. The topological polar surface area (TPSA) is 137 Å². The highest BCUT2D eigenvalue weighted by Crippen LogP contribution is 2.40. The predicted molar refractivity (Wildman–Crippen MR) is 90.8 cm³/mol. The first-order valence-corrected chi connectivity index (χ1v) is 7.65. The molecule has 0 bridgehead atoms. The molecule has 2 aromatic heterocycles. The quantitative estimate of drug-likeness (QED) is 0.178. The zero-order chi connectivity index (χ0) is 19.2. The maximum absolute atomic E-state index is 12.0. The number of nitrogens with zero attached hydrogens (tertiary/aromatic N) is 3. The average molecular weight is 378 g/mol. The molecule has 2 heterocycles. The number of rotatable bonds is 3. The Labute approximate surface area is 151 Å². The van der Waals surface area contributed by atoms with Crippen LogP contribution in [-0.4, -0.2) is 20.3 Å². The monoisotopic (exact) mass is 377 g/mol. The predicted octanol–water partition coefficient (Wildman–Crippen LogP) is 3.23. The van der Waals surface area contributed by atoms with Gasteiger partial charge in [-0.15, -0.1) is 0 Å². The smallest absolute Gasteiger partial charge is 0.315 e. The van der Waals surface area contributed by atoms with E-state index in [1.54, 1.807) is 19.9 Å². The molecule has 0 saturated heterocycles. The van der Waals surface area contributed by atoms with Crippen molar-refractivity contribution in [2.45, 2.75) is 13.8 Å². The Kier molecular flexibility index (Phi) is 4.17. The van der Waals surface area contributed by atoms with Gasteiger partial charge in [0, 0.05) is 30.7 Å². The van der Waals surface area contributed by atoms with Gasteiger partial charge in [-0.25, -0.2) is 0 Å². The molecule has 0 radical (unpaired) electrons. The second-order valence-electron chi connectivity index (χ2n) is 5.63. The standard InChI is InChI=1S/C16H12ClN3O6/c1-7-3-8(2)19(23)16(17)14(7)13-6-10(18-26-13)9-4-11(20(24)25)15(22)12(21)5-9/h3-6,21-22H,1-2H3. The van der Waals surface area contributed by atoms with Gasteiger partial charge in [-0.05, 0) is 30.2 Å². The molecule has 0 atom stereocenters. The molecule has 0 amide bonds. The molecule has 3 rings (SSSR count). The molecule has 9 nitrogen and oxygen atoms in total. The highest BCUT2D eigenvalue weighted by molar-refractivity contribution is 6.31. The Bertz CT molecular complexity index is 1050. The second-order valence-corrected chi connectivity index (χ2v) is 5.98. The van der Waals surface area contributed by atoms with E-state index in [-0.39, 0.29) is 22.2 Å². The number of hydrogen-bond acceptors (Lipinski definition) is 7. The third kappa shape index (κ3) is 2.78. The van der Waals surface area contributed by atoms with E-state index >= 15 is 0 Å². The summed E-state index contributed by atoms with van der Waals surface area (Å²) in [6.07, 6.45) is 0. The summed E-state index contributed by atoms with van der Waals surface area (Å²) in [4.78, 5) is 10.1. The highest BCUT2D eigenvalue weighted by atomic mass is 35.5. The van der Waals surface area contributed by atoms with Crippen molar-refractivity contribution in [3.05, 3.63) is 56.0 Å². The summed E-state index contributed by atoms with van der Waals surface area (Å²) < 4.78 is 5.78. The van der Waals surface area contributed by atoms with Crippen molar-refractivity contribution < 1.29 is 24.4 Å². The zero-order valence-corrected chi connectivity index (χ0v) is 14.3. The molecule has 0 unspecified atom stereocenters. The first kappa shape index (κ1) is 17.5. The van der Waals surface area contributed by atoms with Gasteiger partial charge in [-0.2, -0.15) is 4.73 Å². The van der Waals surface area contributed by atoms with E-state index in [9.17, 15) is 25.5 Å². The summed E-state index contributed by atoms with van der Waals surface area (Å²) in [5.74, 6) is -1.32. The molecular formula is C16H12ClN3O6. The number of pyridine rings is 1. The summed E-state index contributed by atoms with van der Waals surface area (Å²) >= 11 is 6.11. The summed E-state index contributed by atoms with van der Waals surface area (Å²) in [6, 6.07) is 5.22. The Hall–Kier alpha value is -3.33. The van der Waals surface area contributed by atoms with Gasteiger partial charge in [0.25, 0.3) is 5.15 Å². The Morgan fingerprint density at radius 1 is 1.23 bits per heavy atom. The Morgan fingerprint density at radius 2 is 1.92 bits per heavy atom. The van der Waals surface area contributed by atoms with Crippen LogP contribution in [0.2, 0.25) is 5.15 Å². The lowest BCUT2D eigenvalue weighted by molar-refractivity contribution is -0.609. The Balaban J connectivity index is 2.13. The van der Waals surface area contributed by atoms with Crippen molar-refractivity contribution in [3.8, 4) is 34.1 Å². The highest BCUT2D eigenvalue weighted by Gasteiger charge is 2.24. The van der Waals surface area contributed by atoms with Gasteiger partial charge in [0.1, 0.15) is 11.3 Å². The molecule has 1 aromatic carbocycles. The van der Waals surface area contributed by atoms with Gasteiger partial charge >= 0.3 is 5.69 Å². The number of aromatic nitrogens is 2. The van der Waals surface area contributed by atoms with Crippen molar-refractivity contribution in [3.63, 3.8) is 0 Å². The number of phenols is 2. The third-order valence-corrected chi connectivity index (χ3v) is 4.19. The second kappa shape index (κ2) is 6.19. The molecule has 0 aliphatic rings. The van der Waals surface area contributed by atoms with Crippen LogP contribution in [0.5, 0.6) is 11.5 Å². The number of benzene rings is 1. The molecule has 134 valence electrons. The third-order valence-electron chi connectivity index (χ3n) is 3.84. The van der Waals surface area contributed by atoms with Gasteiger partial charge in [0.05, 0.1) is 4.92 Å². The summed E-state index contributed by atoms with van der Waals surface area (Å²) in [5.41, 5.74) is 1.07. The lowest BCUT2D eigenvalue weighted by Gasteiger charge is -2.08. The lowest BCUT2D eigenvalue weighted by Crippen LogP contribution is -2.32. The number of phenolic OH excluding ortho intramolecular Hbond substituents is 2. The van der Waals surface area contributed by atoms with E-state index in [0.717, 1.165) is 12.1 Å². The molecular weight excluding hydrogens is 366 g/mol. The van der Waals surface area contributed by atoms with Crippen LogP contribution in [0.15, 0.2) is 28.8 Å². The lowest BCUT2D eigenvalue weighted by atomic mass is 10.1. The van der Waals surface area contributed by atoms with Crippen molar-refractivity contribution in [2.24, 2.45) is 0 Å². The van der Waals surface area contributed by atoms with Crippen molar-refractivity contribution in [2.75, 3.05) is 0 Å². The number of nitro groups is 1. The largest absolute Gasteiger partial charge is 0.617 e. The Morgan fingerprint density at radius 3 is 2.58 bits per heavy atom. The van der Waals surface area contributed by atoms with Crippen LogP contribution in [0.1, 0.15) is 11.3 Å². The van der Waals surface area contributed by atoms with Gasteiger partial charge in [-0.1, -0.05) is 5.16 Å². The maximum atomic E-state index is 12.0. The number of halogens is 1. The van der Waals surface area contributed by atoms with Gasteiger partial charge in [0.15, 0.2) is 17.2 Å². The average Bonchev–Trinajstić information content (AvgIpc) is 3.04. The summed E-state index contributed by atoms with van der Waals surface area (Å²) in [7, 11) is 0. The number of aryl methyl sites for hydroxylation is 2. The van der Waals surface area contributed by atoms with Crippen molar-refractivity contribution in [1.29, 1.82) is 0 Å². The first-order chi connectivity index (χ1) is 12.2. The molecule has 0 saturated carbocycles. The number of hydrogen-bond donors (Lipinski definition) is 2. The van der Waals surface area contributed by atoms with Crippen LogP contribution in [0.25, 0.3) is 22.6 Å². The van der Waals surface area contributed by atoms with Crippen LogP contribution in [0, 0.1) is 29.2 Å². The van der Waals surface area contributed by atoms with Crippen LogP contribution >= 0.6 is 11.6 Å². The molecule has 0 aliphatic carbocycles. The molecule has 3 aromatic rings. The molecule has 10 heteroatoms. The fourth-order valence-corrected chi connectivity index (χ4v) is 2.96. The van der Waals surface area contributed by atoms with E-state index in [2.05, 4.69) is 5.16 Å². The SMILES string of the molecule is Cc1cc(C)[n+]([O-])c(Cl)c1-c1cc(-c2cc(O)c(O)c([N+](=O)[O-])c2)no1. The summed E-state index contributed by atoms with van der Waals surface area (Å²) in [5, 5.41) is 45.9. The molecule has 0 fully saturated rings. The van der Waals surface area contributed by atoms with E-state index in [1.165, 1.54) is 6.07 Å². The number of aromatic hydroxyl groups is 2. The van der Waals surface area contributed by atoms with E-state index in [1.807, 2.05) is 0 Å². The van der Waals surface area contributed by atoms with E-state index < -0.39 is 22.1 Å².